The Bertz CT molecular complexity index is 731. The highest BCUT2D eigenvalue weighted by Crippen LogP contribution is 2.47. The Morgan fingerprint density at radius 3 is 2.81 bits per heavy atom. The number of carboxylic acids is 1. The van der Waals surface area contributed by atoms with Crippen molar-refractivity contribution in [1.29, 1.82) is 0 Å². The van der Waals surface area contributed by atoms with Crippen molar-refractivity contribution in [2.75, 3.05) is 0 Å². The predicted octanol–water partition coefficient (Wildman–Crippen LogP) is 2.71. The first-order valence-electron chi connectivity index (χ1n) is 6.98. The number of hydrogen-bond donors (Lipinski definition) is 3. The van der Waals surface area contributed by atoms with Gasteiger partial charge >= 0.3 is 5.97 Å². The lowest BCUT2D eigenvalue weighted by Gasteiger charge is -2.09. The summed E-state index contributed by atoms with van der Waals surface area (Å²) in [5.41, 5.74) is 9.46. The molecule has 1 fully saturated rings. The van der Waals surface area contributed by atoms with E-state index in [0.717, 1.165) is 40.6 Å². The molecular weight excluding hydrogens is 270 g/mol. The van der Waals surface area contributed by atoms with Gasteiger partial charge in [-0.15, -0.1) is 4.91 Å². The molecule has 2 aromatic rings. The van der Waals surface area contributed by atoms with E-state index in [1.807, 2.05) is 19.1 Å². The van der Waals surface area contributed by atoms with Crippen LogP contribution in [0.5, 0.6) is 0 Å². The molecule has 0 aliphatic heterocycles. The summed E-state index contributed by atoms with van der Waals surface area (Å²) in [6.45, 7) is 1.86. The average molecular weight is 287 g/mol. The summed E-state index contributed by atoms with van der Waals surface area (Å²) in [5.74, 6) is -0.652. The van der Waals surface area contributed by atoms with Crippen LogP contribution in [0.4, 0.5) is 5.69 Å². The Kier molecular flexibility index (Phi) is 3.25. The van der Waals surface area contributed by atoms with Crippen LogP contribution in [0.1, 0.15) is 35.6 Å². The van der Waals surface area contributed by atoms with Gasteiger partial charge in [-0.2, -0.15) is 0 Å². The molecule has 0 spiro atoms. The van der Waals surface area contributed by atoms with Crippen molar-refractivity contribution in [3.8, 4) is 0 Å². The Labute approximate surface area is 121 Å². The van der Waals surface area contributed by atoms with Gasteiger partial charge < -0.3 is 15.8 Å². The Hall–Kier alpha value is -2.21. The number of H-pyrrole nitrogens is 1. The van der Waals surface area contributed by atoms with E-state index >= 15 is 0 Å². The first kappa shape index (κ1) is 13.8. The summed E-state index contributed by atoms with van der Waals surface area (Å²) >= 11 is 0. The maximum Gasteiger partial charge on any atom is 0.320 e. The van der Waals surface area contributed by atoms with Crippen LogP contribution in [0.15, 0.2) is 17.3 Å². The minimum Gasteiger partial charge on any atom is -0.480 e. The monoisotopic (exact) mass is 287 g/mol. The van der Waals surface area contributed by atoms with Gasteiger partial charge in [0, 0.05) is 23.0 Å². The molecule has 1 aliphatic rings. The number of carbonyl (C=O) groups is 1. The largest absolute Gasteiger partial charge is 0.480 e. The van der Waals surface area contributed by atoms with E-state index in [-0.39, 0.29) is 6.42 Å². The van der Waals surface area contributed by atoms with E-state index in [1.165, 1.54) is 0 Å². The standard InChI is InChI=1S/C15H17N3O3/c1-7-10(6-11(16)15(19)20)13-12(17-7)5-4-9(8-2-3-8)14(13)18-21/h4-5,8,11,17H,2-3,6,16H2,1H3,(H,19,20). The molecule has 21 heavy (non-hydrogen) atoms. The van der Waals surface area contributed by atoms with Gasteiger partial charge in [-0.25, -0.2) is 0 Å². The van der Waals surface area contributed by atoms with Gasteiger partial charge in [0.05, 0.1) is 0 Å². The van der Waals surface area contributed by atoms with Crippen molar-refractivity contribution < 1.29 is 9.90 Å². The van der Waals surface area contributed by atoms with Gasteiger partial charge in [0.15, 0.2) is 0 Å². The Morgan fingerprint density at radius 2 is 2.24 bits per heavy atom. The van der Waals surface area contributed by atoms with Crippen LogP contribution in [-0.2, 0) is 11.2 Å². The molecule has 6 nitrogen and oxygen atoms in total. The third kappa shape index (κ3) is 2.31. The number of hydrogen-bond acceptors (Lipinski definition) is 4. The number of aryl methyl sites for hydroxylation is 1. The van der Waals surface area contributed by atoms with Crippen LogP contribution in [0.3, 0.4) is 0 Å². The first-order chi connectivity index (χ1) is 10.0. The van der Waals surface area contributed by atoms with E-state index in [9.17, 15) is 9.70 Å². The van der Waals surface area contributed by atoms with Crippen LogP contribution in [-0.4, -0.2) is 22.1 Å². The van der Waals surface area contributed by atoms with Crippen molar-refractivity contribution in [1.82, 2.24) is 4.98 Å². The number of rotatable bonds is 5. The molecule has 0 amide bonds. The quantitative estimate of drug-likeness (QED) is 0.734. The number of aromatic amines is 1. The third-order valence-corrected chi connectivity index (χ3v) is 4.14. The molecule has 1 atom stereocenters. The van der Waals surface area contributed by atoms with Gasteiger partial charge in [-0.1, -0.05) is 6.07 Å². The van der Waals surface area contributed by atoms with Crippen LogP contribution in [0.2, 0.25) is 0 Å². The van der Waals surface area contributed by atoms with Gasteiger partial charge in [-0.05, 0) is 48.1 Å². The zero-order valence-electron chi connectivity index (χ0n) is 11.7. The maximum atomic E-state index is 11.3. The molecule has 1 aliphatic carbocycles. The summed E-state index contributed by atoms with van der Waals surface area (Å²) in [5, 5.41) is 13.0. The molecule has 3 rings (SSSR count). The second kappa shape index (κ2) is 4.96. The van der Waals surface area contributed by atoms with Crippen LogP contribution >= 0.6 is 0 Å². The van der Waals surface area contributed by atoms with E-state index < -0.39 is 12.0 Å². The Balaban J connectivity index is 2.18. The highest BCUT2D eigenvalue weighted by Gasteiger charge is 2.29. The topological polar surface area (TPSA) is 109 Å². The molecule has 0 radical (unpaired) electrons. The molecular formula is C15H17N3O3. The zero-order chi connectivity index (χ0) is 15.1. The minimum atomic E-state index is -1.05. The molecule has 6 heteroatoms. The first-order valence-corrected chi connectivity index (χ1v) is 6.98. The normalized spacial score (nSPS) is 16.1. The summed E-state index contributed by atoms with van der Waals surface area (Å²) in [6.07, 6.45) is 2.32. The Morgan fingerprint density at radius 1 is 1.52 bits per heavy atom. The molecule has 0 saturated heterocycles. The van der Waals surface area contributed by atoms with Crippen LogP contribution in [0, 0.1) is 11.8 Å². The van der Waals surface area contributed by atoms with E-state index in [0.29, 0.717) is 11.6 Å². The van der Waals surface area contributed by atoms with Gasteiger partial charge in [-0.3, -0.25) is 4.79 Å². The summed E-state index contributed by atoms with van der Waals surface area (Å²) in [7, 11) is 0. The highest BCUT2D eigenvalue weighted by atomic mass is 16.4. The minimum absolute atomic E-state index is 0.178. The number of nitrogens with zero attached hydrogens (tertiary/aromatic N) is 1. The lowest BCUT2D eigenvalue weighted by atomic mass is 9.98. The number of fused-ring (bicyclic) bond motifs is 1. The van der Waals surface area contributed by atoms with E-state index in [1.54, 1.807) is 0 Å². The van der Waals surface area contributed by atoms with Gasteiger partial charge in [0.25, 0.3) is 0 Å². The summed E-state index contributed by atoms with van der Waals surface area (Å²) in [6, 6.07) is 2.88. The van der Waals surface area contributed by atoms with Crippen molar-refractivity contribution in [3.63, 3.8) is 0 Å². The second-order valence-electron chi connectivity index (χ2n) is 5.67. The molecule has 1 saturated carbocycles. The van der Waals surface area contributed by atoms with Crippen LogP contribution in [0.25, 0.3) is 10.9 Å². The van der Waals surface area contributed by atoms with Gasteiger partial charge in [0.1, 0.15) is 11.7 Å². The number of aliphatic carboxylic acids is 1. The van der Waals surface area contributed by atoms with Crippen molar-refractivity contribution in [2.24, 2.45) is 10.9 Å². The predicted molar refractivity (Wildman–Crippen MR) is 79.8 cm³/mol. The maximum absolute atomic E-state index is 11.3. The van der Waals surface area contributed by atoms with Crippen molar-refractivity contribution in [2.45, 2.75) is 38.1 Å². The number of benzene rings is 1. The molecule has 1 aromatic carbocycles. The summed E-state index contributed by atoms with van der Waals surface area (Å²) in [4.78, 5) is 25.5. The third-order valence-electron chi connectivity index (χ3n) is 4.14. The molecule has 1 heterocycles. The summed E-state index contributed by atoms with van der Waals surface area (Å²) < 4.78 is 0. The van der Waals surface area contributed by atoms with E-state index in [4.69, 9.17) is 10.8 Å². The molecule has 4 N–H and O–H groups in total. The smallest absolute Gasteiger partial charge is 0.320 e. The number of aromatic nitrogens is 1. The van der Waals surface area contributed by atoms with Crippen molar-refractivity contribution >= 4 is 22.6 Å². The SMILES string of the molecule is Cc1[nH]c2ccc(C3CC3)c(N=O)c2c1CC(N)C(=O)O. The van der Waals surface area contributed by atoms with E-state index in [2.05, 4.69) is 10.2 Å². The van der Waals surface area contributed by atoms with Crippen molar-refractivity contribution in [3.05, 3.63) is 33.9 Å². The molecule has 110 valence electrons. The highest BCUT2D eigenvalue weighted by molar-refractivity contribution is 5.97. The lowest BCUT2D eigenvalue weighted by molar-refractivity contribution is -0.138. The number of nitrogens with one attached hydrogen (secondary N) is 1. The lowest BCUT2D eigenvalue weighted by Crippen LogP contribution is -2.32. The number of nitroso groups, excluding NO2 is 1. The van der Waals surface area contributed by atoms with Gasteiger partial charge in [0.2, 0.25) is 0 Å². The number of carboxylic acid groups (broad SMARTS) is 1. The fourth-order valence-corrected chi connectivity index (χ4v) is 2.87. The molecule has 0 bridgehead atoms. The molecule has 1 unspecified atom stereocenters. The number of nitrogens with two attached hydrogens (primary N) is 1. The molecule has 1 aromatic heterocycles. The fraction of sp³-hybridized carbons (Fsp3) is 0.400. The fourth-order valence-electron chi connectivity index (χ4n) is 2.87. The zero-order valence-corrected chi connectivity index (χ0v) is 11.7. The average Bonchev–Trinajstić information content (AvgIpc) is 3.24. The second-order valence-corrected chi connectivity index (χ2v) is 5.67. The van der Waals surface area contributed by atoms with Crippen LogP contribution < -0.4 is 5.73 Å².